The first-order valence-corrected chi connectivity index (χ1v) is 9.02. The van der Waals surface area contributed by atoms with E-state index >= 15 is 0 Å². The standard InChI is InChI=1S/C19H21FN4O3/c1-2-23-8-6-16(21-23)18(26)22-9-7-19(12-22)13-24(17(25)11-27-19)15-5-3-4-14(20)10-15/h3-6,8,10H,2,7,9,11-13H2,1H3. The predicted molar refractivity (Wildman–Crippen MR) is 95.9 cm³/mol. The molecule has 2 saturated heterocycles. The second-order valence-electron chi connectivity index (χ2n) is 6.96. The van der Waals surface area contributed by atoms with Crippen molar-refractivity contribution >= 4 is 17.5 Å². The number of aryl methyl sites for hydroxylation is 1. The molecular formula is C19H21FN4O3. The van der Waals surface area contributed by atoms with E-state index in [-0.39, 0.29) is 18.4 Å². The van der Waals surface area contributed by atoms with E-state index in [4.69, 9.17) is 4.74 Å². The molecule has 3 heterocycles. The van der Waals surface area contributed by atoms with Crippen LogP contribution in [0.5, 0.6) is 0 Å². The Morgan fingerprint density at radius 1 is 1.33 bits per heavy atom. The monoisotopic (exact) mass is 372 g/mol. The van der Waals surface area contributed by atoms with Crippen molar-refractivity contribution < 1.29 is 18.7 Å². The fourth-order valence-corrected chi connectivity index (χ4v) is 3.67. The number of carbonyl (C=O) groups is 2. The highest BCUT2D eigenvalue weighted by Gasteiger charge is 2.47. The lowest BCUT2D eigenvalue weighted by Crippen LogP contribution is -2.56. The van der Waals surface area contributed by atoms with E-state index in [9.17, 15) is 14.0 Å². The van der Waals surface area contributed by atoms with Crippen LogP contribution in [0.15, 0.2) is 36.5 Å². The molecular weight excluding hydrogens is 351 g/mol. The maximum atomic E-state index is 13.6. The summed E-state index contributed by atoms with van der Waals surface area (Å²) in [6.45, 7) is 3.78. The largest absolute Gasteiger partial charge is 0.361 e. The average Bonchev–Trinajstić information content (AvgIpc) is 3.31. The number of nitrogens with zero attached hydrogens (tertiary/aromatic N) is 4. The molecule has 1 aromatic carbocycles. The Morgan fingerprint density at radius 3 is 2.93 bits per heavy atom. The molecule has 2 aliphatic heterocycles. The normalized spacial score (nSPS) is 22.7. The summed E-state index contributed by atoms with van der Waals surface area (Å²) in [5.74, 6) is -0.745. The summed E-state index contributed by atoms with van der Waals surface area (Å²) in [6, 6.07) is 7.67. The van der Waals surface area contributed by atoms with Crippen LogP contribution in [-0.2, 0) is 16.1 Å². The molecule has 142 valence electrons. The zero-order valence-corrected chi connectivity index (χ0v) is 15.1. The fraction of sp³-hybridized carbons (Fsp3) is 0.421. The van der Waals surface area contributed by atoms with Gasteiger partial charge in [0.05, 0.1) is 13.1 Å². The maximum Gasteiger partial charge on any atom is 0.274 e. The molecule has 4 rings (SSSR count). The molecule has 1 aromatic heterocycles. The Morgan fingerprint density at radius 2 is 2.19 bits per heavy atom. The van der Waals surface area contributed by atoms with Crippen LogP contribution in [0.25, 0.3) is 0 Å². The van der Waals surface area contributed by atoms with Crippen molar-refractivity contribution in [3.63, 3.8) is 0 Å². The van der Waals surface area contributed by atoms with E-state index in [0.29, 0.717) is 44.0 Å². The van der Waals surface area contributed by atoms with Gasteiger partial charge in [0.15, 0.2) is 0 Å². The summed E-state index contributed by atoms with van der Waals surface area (Å²) in [4.78, 5) is 28.3. The Hall–Kier alpha value is -2.74. The van der Waals surface area contributed by atoms with Crippen molar-refractivity contribution in [3.05, 3.63) is 48.0 Å². The molecule has 2 aromatic rings. The number of benzene rings is 1. The van der Waals surface area contributed by atoms with E-state index in [1.807, 2.05) is 6.92 Å². The number of aromatic nitrogens is 2. The Kier molecular flexibility index (Phi) is 4.43. The minimum atomic E-state index is -0.636. The van der Waals surface area contributed by atoms with E-state index in [1.165, 1.54) is 12.1 Å². The van der Waals surface area contributed by atoms with Crippen LogP contribution in [-0.4, -0.2) is 58.3 Å². The first-order valence-electron chi connectivity index (χ1n) is 9.02. The van der Waals surface area contributed by atoms with Gasteiger partial charge in [0, 0.05) is 25.0 Å². The highest BCUT2D eigenvalue weighted by molar-refractivity contribution is 5.95. The van der Waals surface area contributed by atoms with Gasteiger partial charge >= 0.3 is 0 Å². The van der Waals surface area contributed by atoms with Gasteiger partial charge in [-0.15, -0.1) is 0 Å². The number of carbonyl (C=O) groups excluding carboxylic acids is 2. The lowest BCUT2D eigenvalue weighted by molar-refractivity contribution is -0.137. The number of amides is 2. The van der Waals surface area contributed by atoms with Gasteiger partial charge in [-0.3, -0.25) is 14.3 Å². The van der Waals surface area contributed by atoms with Crippen LogP contribution in [0, 0.1) is 5.82 Å². The van der Waals surface area contributed by atoms with Crippen LogP contribution < -0.4 is 4.90 Å². The van der Waals surface area contributed by atoms with Crippen molar-refractivity contribution in [1.82, 2.24) is 14.7 Å². The second kappa shape index (κ2) is 6.77. The molecule has 8 heteroatoms. The molecule has 1 unspecified atom stereocenters. The number of anilines is 1. The summed E-state index contributed by atoms with van der Waals surface area (Å²) < 4.78 is 21.1. The molecule has 0 radical (unpaired) electrons. The lowest BCUT2D eigenvalue weighted by atomic mass is 10.00. The van der Waals surface area contributed by atoms with Gasteiger partial charge in [-0.2, -0.15) is 5.10 Å². The van der Waals surface area contributed by atoms with Crippen molar-refractivity contribution in [2.24, 2.45) is 0 Å². The average molecular weight is 372 g/mol. The Balaban J connectivity index is 1.50. The number of hydrogen-bond acceptors (Lipinski definition) is 4. The molecule has 7 nitrogen and oxygen atoms in total. The Bertz CT molecular complexity index is 883. The third kappa shape index (κ3) is 3.32. The van der Waals surface area contributed by atoms with Crippen LogP contribution in [0.3, 0.4) is 0 Å². The number of hydrogen-bond donors (Lipinski definition) is 0. The number of morpholine rings is 1. The van der Waals surface area contributed by atoms with Gasteiger partial charge in [-0.05, 0) is 37.6 Å². The summed E-state index contributed by atoms with van der Waals surface area (Å²) >= 11 is 0. The summed E-state index contributed by atoms with van der Waals surface area (Å²) in [7, 11) is 0. The van der Waals surface area contributed by atoms with Gasteiger partial charge < -0.3 is 14.5 Å². The van der Waals surface area contributed by atoms with E-state index in [2.05, 4.69) is 5.10 Å². The minimum absolute atomic E-state index is 0.0804. The van der Waals surface area contributed by atoms with Gasteiger partial charge in [0.1, 0.15) is 23.7 Å². The summed E-state index contributed by atoms with van der Waals surface area (Å²) in [6.07, 6.45) is 2.40. The van der Waals surface area contributed by atoms with Crippen molar-refractivity contribution in [2.45, 2.75) is 25.5 Å². The number of likely N-dealkylation sites (tertiary alicyclic amines) is 1. The highest BCUT2D eigenvalue weighted by atomic mass is 19.1. The highest BCUT2D eigenvalue weighted by Crippen LogP contribution is 2.32. The molecule has 2 fully saturated rings. The van der Waals surface area contributed by atoms with Crippen molar-refractivity contribution in [2.75, 3.05) is 31.1 Å². The topological polar surface area (TPSA) is 67.7 Å². The van der Waals surface area contributed by atoms with Crippen LogP contribution in [0.1, 0.15) is 23.8 Å². The molecule has 0 aliphatic carbocycles. The molecule has 0 N–H and O–H groups in total. The van der Waals surface area contributed by atoms with Gasteiger partial charge in [0.25, 0.3) is 11.8 Å². The van der Waals surface area contributed by atoms with Gasteiger partial charge in [-0.25, -0.2) is 4.39 Å². The predicted octanol–water partition coefficient (Wildman–Crippen LogP) is 1.69. The smallest absolute Gasteiger partial charge is 0.274 e. The fourth-order valence-electron chi connectivity index (χ4n) is 3.67. The quantitative estimate of drug-likeness (QED) is 0.822. The molecule has 2 aliphatic rings. The first kappa shape index (κ1) is 17.7. The van der Waals surface area contributed by atoms with Crippen LogP contribution in [0.4, 0.5) is 10.1 Å². The van der Waals surface area contributed by atoms with E-state index in [0.717, 1.165) is 0 Å². The minimum Gasteiger partial charge on any atom is -0.361 e. The van der Waals surface area contributed by atoms with E-state index in [1.54, 1.807) is 38.9 Å². The molecule has 1 spiro atoms. The molecule has 2 amide bonds. The zero-order chi connectivity index (χ0) is 19.0. The number of ether oxygens (including phenoxy) is 1. The Labute approximate surface area is 156 Å². The lowest BCUT2D eigenvalue weighted by Gasteiger charge is -2.40. The molecule has 0 saturated carbocycles. The first-order chi connectivity index (χ1) is 13.0. The van der Waals surface area contributed by atoms with Crippen LogP contribution in [0.2, 0.25) is 0 Å². The number of rotatable bonds is 3. The second-order valence-corrected chi connectivity index (χ2v) is 6.96. The van der Waals surface area contributed by atoms with Crippen molar-refractivity contribution in [1.29, 1.82) is 0 Å². The van der Waals surface area contributed by atoms with Gasteiger partial charge in [-0.1, -0.05) is 6.07 Å². The SMILES string of the molecule is CCn1ccc(C(=O)N2CCC3(C2)CN(c2cccc(F)c2)C(=O)CO3)n1. The molecule has 27 heavy (non-hydrogen) atoms. The third-order valence-corrected chi connectivity index (χ3v) is 5.16. The zero-order valence-electron chi connectivity index (χ0n) is 15.1. The summed E-state index contributed by atoms with van der Waals surface area (Å²) in [5.41, 5.74) is 0.278. The number of halogens is 1. The van der Waals surface area contributed by atoms with Crippen LogP contribution >= 0.6 is 0 Å². The molecule has 0 bridgehead atoms. The maximum absolute atomic E-state index is 13.6. The molecule has 1 atom stereocenters. The summed E-state index contributed by atoms with van der Waals surface area (Å²) in [5, 5.41) is 4.27. The van der Waals surface area contributed by atoms with E-state index < -0.39 is 11.4 Å². The van der Waals surface area contributed by atoms with Gasteiger partial charge in [0.2, 0.25) is 0 Å². The van der Waals surface area contributed by atoms with Crippen molar-refractivity contribution in [3.8, 4) is 0 Å². The third-order valence-electron chi connectivity index (χ3n) is 5.16.